The van der Waals surface area contributed by atoms with Crippen LogP contribution in [0.5, 0.6) is 0 Å². The molecule has 2 heteroatoms. The zero-order chi connectivity index (χ0) is 9.54. The van der Waals surface area contributed by atoms with E-state index in [0.29, 0.717) is 0 Å². The molecule has 1 heterocycles. The number of hydrogen-bond donors (Lipinski definition) is 1. The molecule has 1 aromatic heterocycles. The summed E-state index contributed by atoms with van der Waals surface area (Å²) in [6.45, 7) is 0.871. The topological polar surface area (TPSA) is 26.0 Å². The minimum atomic E-state index is 0.758. The molecule has 3 rings (SSSR count). The summed E-state index contributed by atoms with van der Waals surface area (Å²) >= 11 is 1.98. The van der Waals surface area contributed by atoms with E-state index in [1.165, 1.54) is 32.1 Å². The first-order valence-electron chi connectivity index (χ1n) is 5.67. The smallest absolute Gasteiger partial charge is 0.00834 e. The Balaban J connectivity index is 1.88. The molecule has 1 fully saturated rings. The molecule has 0 radical (unpaired) electrons. The Kier molecular flexibility index (Phi) is 2.14. The summed E-state index contributed by atoms with van der Waals surface area (Å²) in [7, 11) is 0. The summed E-state index contributed by atoms with van der Waals surface area (Å²) in [6, 6.07) is 0. The van der Waals surface area contributed by atoms with Gasteiger partial charge in [-0.2, -0.15) is 0 Å². The van der Waals surface area contributed by atoms with Crippen LogP contribution in [0.1, 0.15) is 41.2 Å². The van der Waals surface area contributed by atoms with Gasteiger partial charge < -0.3 is 5.73 Å². The lowest BCUT2D eigenvalue weighted by Crippen LogP contribution is -2.21. The average Bonchev–Trinajstić information content (AvgIpc) is 2.98. The van der Waals surface area contributed by atoms with Crippen molar-refractivity contribution in [3.05, 3.63) is 21.4 Å². The van der Waals surface area contributed by atoms with Crippen LogP contribution in [-0.4, -0.2) is 6.54 Å². The highest BCUT2D eigenvalue weighted by molar-refractivity contribution is 7.10. The standard InChI is InChI=1S/C12H17NS/c13-6-8-1-4-10-11(9-2-3-9)7-14-12(10)5-8/h7-9H,1-6,13H2. The Morgan fingerprint density at radius 2 is 2.21 bits per heavy atom. The van der Waals surface area contributed by atoms with Crippen molar-refractivity contribution in [3.8, 4) is 0 Å². The molecule has 76 valence electrons. The molecule has 2 aliphatic carbocycles. The van der Waals surface area contributed by atoms with Gasteiger partial charge in [-0.25, -0.2) is 0 Å². The first-order valence-corrected chi connectivity index (χ1v) is 6.55. The molecule has 14 heavy (non-hydrogen) atoms. The van der Waals surface area contributed by atoms with Gasteiger partial charge in [0.1, 0.15) is 0 Å². The number of rotatable bonds is 2. The maximum absolute atomic E-state index is 5.74. The van der Waals surface area contributed by atoms with E-state index in [1.807, 2.05) is 11.3 Å². The maximum Gasteiger partial charge on any atom is 0.00834 e. The minimum absolute atomic E-state index is 0.758. The lowest BCUT2D eigenvalue weighted by Gasteiger charge is -2.21. The van der Waals surface area contributed by atoms with Gasteiger partial charge in [0.05, 0.1) is 0 Å². The second-order valence-electron chi connectivity index (χ2n) is 4.71. The van der Waals surface area contributed by atoms with Crippen molar-refractivity contribution >= 4 is 11.3 Å². The predicted octanol–water partition coefficient (Wildman–Crippen LogP) is 2.69. The Labute approximate surface area is 89.3 Å². The maximum atomic E-state index is 5.74. The first-order chi connectivity index (χ1) is 6.88. The van der Waals surface area contributed by atoms with Crippen LogP contribution in [0.25, 0.3) is 0 Å². The fourth-order valence-corrected chi connectivity index (χ4v) is 3.84. The lowest BCUT2D eigenvalue weighted by atomic mass is 9.86. The quantitative estimate of drug-likeness (QED) is 0.793. The Bertz CT molecular complexity index is 338. The zero-order valence-corrected chi connectivity index (χ0v) is 9.28. The highest BCUT2D eigenvalue weighted by Gasteiger charge is 2.30. The summed E-state index contributed by atoms with van der Waals surface area (Å²) < 4.78 is 0. The van der Waals surface area contributed by atoms with Crippen LogP contribution in [0.4, 0.5) is 0 Å². The Morgan fingerprint density at radius 1 is 1.36 bits per heavy atom. The van der Waals surface area contributed by atoms with Crippen molar-refractivity contribution in [2.75, 3.05) is 6.54 Å². The van der Waals surface area contributed by atoms with Crippen LogP contribution < -0.4 is 5.73 Å². The van der Waals surface area contributed by atoms with Crippen molar-refractivity contribution in [2.24, 2.45) is 11.7 Å². The predicted molar refractivity (Wildman–Crippen MR) is 60.9 cm³/mol. The molecule has 2 aliphatic rings. The fourth-order valence-electron chi connectivity index (χ4n) is 2.54. The molecule has 1 nitrogen and oxygen atoms in total. The van der Waals surface area contributed by atoms with Crippen molar-refractivity contribution in [1.82, 2.24) is 0 Å². The van der Waals surface area contributed by atoms with Gasteiger partial charge in [-0.05, 0) is 67.0 Å². The molecule has 1 aromatic rings. The van der Waals surface area contributed by atoms with Crippen LogP contribution in [0.2, 0.25) is 0 Å². The third-order valence-electron chi connectivity index (χ3n) is 3.64. The number of hydrogen-bond acceptors (Lipinski definition) is 2. The van der Waals surface area contributed by atoms with Crippen molar-refractivity contribution in [1.29, 1.82) is 0 Å². The molecule has 0 aliphatic heterocycles. The molecular weight excluding hydrogens is 190 g/mol. The second-order valence-corrected chi connectivity index (χ2v) is 5.68. The highest BCUT2D eigenvalue weighted by atomic mass is 32.1. The number of fused-ring (bicyclic) bond motifs is 1. The van der Waals surface area contributed by atoms with Crippen LogP contribution in [0.15, 0.2) is 5.38 Å². The second kappa shape index (κ2) is 3.35. The van der Waals surface area contributed by atoms with Crippen LogP contribution in [0.3, 0.4) is 0 Å². The summed E-state index contributed by atoms with van der Waals surface area (Å²) in [5, 5.41) is 2.42. The molecule has 0 spiro atoms. The third-order valence-corrected chi connectivity index (χ3v) is 4.71. The molecule has 1 saturated carbocycles. The highest BCUT2D eigenvalue weighted by Crippen LogP contribution is 2.46. The van der Waals surface area contributed by atoms with Gasteiger partial charge in [0.25, 0.3) is 0 Å². The Morgan fingerprint density at radius 3 is 2.93 bits per heavy atom. The van der Waals surface area contributed by atoms with E-state index in [1.54, 1.807) is 16.0 Å². The summed E-state index contributed by atoms with van der Waals surface area (Å²) in [5.41, 5.74) is 9.15. The zero-order valence-electron chi connectivity index (χ0n) is 8.46. The van der Waals surface area contributed by atoms with Crippen LogP contribution in [-0.2, 0) is 12.8 Å². The normalized spacial score (nSPS) is 26.2. The van der Waals surface area contributed by atoms with E-state index in [-0.39, 0.29) is 0 Å². The third kappa shape index (κ3) is 1.41. The average molecular weight is 207 g/mol. The van der Waals surface area contributed by atoms with Crippen LogP contribution >= 0.6 is 11.3 Å². The van der Waals surface area contributed by atoms with Crippen LogP contribution in [0, 0.1) is 5.92 Å². The molecular formula is C12H17NS. The van der Waals surface area contributed by atoms with E-state index >= 15 is 0 Å². The van der Waals surface area contributed by atoms with E-state index < -0.39 is 0 Å². The van der Waals surface area contributed by atoms with Gasteiger partial charge in [0, 0.05) is 4.88 Å². The molecule has 0 aromatic carbocycles. The summed E-state index contributed by atoms with van der Waals surface area (Å²) in [5.74, 6) is 1.69. The minimum Gasteiger partial charge on any atom is -0.330 e. The summed E-state index contributed by atoms with van der Waals surface area (Å²) in [4.78, 5) is 1.65. The summed E-state index contributed by atoms with van der Waals surface area (Å²) in [6.07, 6.45) is 6.74. The van der Waals surface area contributed by atoms with Gasteiger partial charge in [0.15, 0.2) is 0 Å². The molecule has 1 atom stereocenters. The SMILES string of the molecule is NCC1CCc2c(C3CC3)csc2C1. The molecule has 0 saturated heterocycles. The number of nitrogens with two attached hydrogens (primary N) is 1. The van der Waals surface area contributed by atoms with E-state index in [0.717, 1.165) is 18.4 Å². The largest absolute Gasteiger partial charge is 0.330 e. The van der Waals surface area contributed by atoms with E-state index in [9.17, 15) is 0 Å². The fraction of sp³-hybridized carbons (Fsp3) is 0.667. The molecule has 0 amide bonds. The van der Waals surface area contributed by atoms with Gasteiger partial charge in [-0.15, -0.1) is 11.3 Å². The van der Waals surface area contributed by atoms with Gasteiger partial charge in [-0.1, -0.05) is 0 Å². The van der Waals surface area contributed by atoms with Gasteiger partial charge in [-0.3, -0.25) is 0 Å². The molecule has 2 N–H and O–H groups in total. The van der Waals surface area contributed by atoms with E-state index in [2.05, 4.69) is 5.38 Å². The van der Waals surface area contributed by atoms with Gasteiger partial charge >= 0.3 is 0 Å². The van der Waals surface area contributed by atoms with Crippen molar-refractivity contribution < 1.29 is 0 Å². The van der Waals surface area contributed by atoms with Crippen molar-refractivity contribution in [2.45, 2.75) is 38.0 Å². The number of thiophene rings is 1. The van der Waals surface area contributed by atoms with Gasteiger partial charge in [0.2, 0.25) is 0 Å². The Hall–Kier alpha value is -0.340. The first kappa shape index (κ1) is 8.93. The molecule has 0 bridgehead atoms. The van der Waals surface area contributed by atoms with Crippen molar-refractivity contribution in [3.63, 3.8) is 0 Å². The monoisotopic (exact) mass is 207 g/mol. The van der Waals surface area contributed by atoms with E-state index in [4.69, 9.17) is 5.73 Å². The lowest BCUT2D eigenvalue weighted by molar-refractivity contribution is 0.473. The molecule has 1 unspecified atom stereocenters.